The summed E-state index contributed by atoms with van der Waals surface area (Å²) in [4.78, 5) is 30.7. The van der Waals surface area contributed by atoms with Crippen LogP contribution in [0.4, 0.5) is 0 Å². The molecule has 0 aliphatic carbocycles. The van der Waals surface area contributed by atoms with Crippen molar-refractivity contribution in [1.82, 2.24) is 9.88 Å². The number of hydrogen-bond acceptors (Lipinski definition) is 5. The number of carbonyl (C=O) groups is 2. The number of methoxy groups -OCH3 is 2. The van der Waals surface area contributed by atoms with Gasteiger partial charge in [-0.15, -0.1) is 0 Å². The van der Waals surface area contributed by atoms with Crippen molar-refractivity contribution in [1.29, 1.82) is 0 Å². The minimum atomic E-state index is -0.281. The Balaban J connectivity index is 1.61. The minimum absolute atomic E-state index is 0.229. The Kier molecular flexibility index (Phi) is 4.65. The van der Waals surface area contributed by atoms with Crippen molar-refractivity contribution in [3.8, 4) is 11.5 Å². The van der Waals surface area contributed by atoms with Crippen molar-refractivity contribution in [3.63, 3.8) is 0 Å². The second-order valence-electron chi connectivity index (χ2n) is 6.40. The number of benzene rings is 2. The molecule has 1 aliphatic heterocycles. The van der Waals surface area contributed by atoms with Gasteiger partial charge in [-0.1, -0.05) is 23.7 Å². The van der Waals surface area contributed by atoms with Crippen LogP contribution in [0.5, 0.6) is 11.5 Å². The van der Waals surface area contributed by atoms with Crippen LogP contribution in [0.3, 0.4) is 0 Å². The molecule has 0 unspecified atom stereocenters. The molecule has 0 atom stereocenters. The third-order valence-corrected chi connectivity index (χ3v) is 5.16. The molecule has 4 rings (SSSR count). The van der Waals surface area contributed by atoms with Gasteiger partial charge in [0.25, 0.3) is 11.8 Å². The molecular weight excluding hydrogens is 380 g/mol. The SMILES string of the molecule is COc1cc2cc(CCN3C(=O)c4ccccc4C3=O)c(Cl)nc2cc1OC. The van der Waals surface area contributed by atoms with Crippen LogP contribution < -0.4 is 9.47 Å². The van der Waals surface area contributed by atoms with Crippen LogP contribution in [0.25, 0.3) is 10.9 Å². The molecule has 1 aromatic heterocycles. The van der Waals surface area contributed by atoms with E-state index in [1.54, 1.807) is 44.6 Å². The van der Waals surface area contributed by atoms with Gasteiger partial charge in [0.2, 0.25) is 0 Å². The molecule has 2 aromatic carbocycles. The maximum atomic E-state index is 12.5. The monoisotopic (exact) mass is 396 g/mol. The Bertz CT molecular complexity index is 1080. The summed E-state index contributed by atoms with van der Waals surface area (Å²) in [5.74, 6) is 0.594. The summed E-state index contributed by atoms with van der Waals surface area (Å²) in [6.45, 7) is 0.229. The lowest BCUT2D eigenvalue weighted by Gasteiger charge is -2.15. The second-order valence-corrected chi connectivity index (χ2v) is 6.75. The molecule has 0 radical (unpaired) electrons. The van der Waals surface area contributed by atoms with Crippen molar-refractivity contribution in [2.24, 2.45) is 0 Å². The second kappa shape index (κ2) is 7.13. The van der Waals surface area contributed by atoms with Gasteiger partial charge in [-0.05, 0) is 36.2 Å². The van der Waals surface area contributed by atoms with E-state index in [0.29, 0.717) is 39.7 Å². The van der Waals surface area contributed by atoms with Gasteiger partial charge in [0.15, 0.2) is 11.5 Å². The molecule has 28 heavy (non-hydrogen) atoms. The van der Waals surface area contributed by atoms with Gasteiger partial charge in [0.05, 0.1) is 30.9 Å². The number of nitrogens with zero attached hydrogens (tertiary/aromatic N) is 2. The Labute approximate surface area is 166 Å². The van der Waals surface area contributed by atoms with Crippen molar-refractivity contribution in [2.75, 3.05) is 20.8 Å². The maximum Gasteiger partial charge on any atom is 0.261 e. The predicted octanol–water partition coefficient (Wildman–Crippen LogP) is 3.74. The molecule has 1 aliphatic rings. The Morgan fingerprint density at radius 3 is 2.18 bits per heavy atom. The first-order chi connectivity index (χ1) is 13.5. The summed E-state index contributed by atoms with van der Waals surface area (Å²) in [7, 11) is 3.12. The van der Waals surface area contributed by atoms with Crippen LogP contribution in [-0.2, 0) is 6.42 Å². The van der Waals surface area contributed by atoms with Crippen LogP contribution in [0.1, 0.15) is 26.3 Å². The number of carbonyl (C=O) groups excluding carboxylic acids is 2. The lowest BCUT2D eigenvalue weighted by atomic mass is 10.1. The van der Waals surface area contributed by atoms with Crippen LogP contribution in [0.2, 0.25) is 5.15 Å². The molecule has 0 N–H and O–H groups in total. The fourth-order valence-corrected chi connectivity index (χ4v) is 3.61. The minimum Gasteiger partial charge on any atom is -0.493 e. The molecule has 0 saturated carbocycles. The topological polar surface area (TPSA) is 68.7 Å². The maximum absolute atomic E-state index is 12.5. The molecular formula is C21H17ClN2O4. The van der Waals surface area contributed by atoms with E-state index >= 15 is 0 Å². The summed E-state index contributed by atoms with van der Waals surface area (Å²) in [5, 5.41) is 1.16. The molecule has 0 saturated heterocycles. The zero-order valence-electron chi connectivity index (χ0n) is 15.4. The number of hydrogen-bond donors (Lipinski definition) is 0. The van der Waals surface area contributed by atoms with Gasteiger partial charge in [0, 0.05) is 18.0 Å². The number of rotatable bonds is 5. The molecule has 0 bridgehead atoms. The number of ether oxygens (including phenoxy) is 2. The standard InChI is InChI=1S/C21H17ClN2O4/c1-27-17-10-13-9-12(19(22)23-16(13)11-18(17)28-2)7-8-24-20(25)14-5-3-4-6-15(14)21(24)26/h3-6,9-11H,7-8H2,1-2H3. The van der Waals surface area contributed by atoms with Gasteiger partial charge in [-0.3, -0.25) is 14.5 Å². The van der Waals surface area contributed by atoms with Crippen LogP contribution in [0, 0.1) is 0 Å². The lowest BCUT2D eigenvalue weighted by molar-refractivity contribution is 0.0656. The summed E-state index contributed by atoms with van der Waals surface area (Å²) in [6, 6.07) is 12.3. The highest BCUT2D eigenvalue weighted by atomic mass is 35.5. The van der Waals surface area contributed by atoms with Crippen molar-refractivity contribution < 1.29 is 19.1 Å². The molecule has 0 spiro atoms. The number of amides is 2. The van der Waals surface area contributed by atoms with Gasteiger partial charge < -0.3 is 9.47 Å². The molecule has 7 heteroatoms. The molecule has 2 amide bonds. The third kappa shape index (κ3) is 2.96. The smallest absolute Gasteiger partial charge is 0.261 e. The normalized spacial score (nSPS) is 13.2. The lowest BCUT2D eigenvalue weighted by Crippen LogP contribution is -2.31. The van der Waals surface area contributed by atoms with Crippen LogP contribution >= 0.6 is 11.6 Å². The number of fused-ring (bicyclic) bond motifs is 2. The average Bonchev–Trinajstić information content (AvgIpc) is 2.96. The van der Waals surface area contributed by atoms with E-state index in [0.717, 1.165) is 10.9 Å². The third-order valence-electron chi connectivity index (χ3n) is 4.83. The van der Waals surface area contributed by atoms with Gasteiger partial charge >= 0.3 is 0 Å². The van der Waals surface area contributed by atoms with Gasteiger partial charge in [-0.2, -0.15) is 0 Å². The largest absolute Gasteiger partial charge is 0.493 e. The van der Waals surface area contributed by atoms with Crippen LogP contribution in [-0.4, -0.2) is 42.5 Å². The fourth-order valence-electron chi connectivity index (χ4n) is 3.37. The highest BCUT2D eigenvalue weighted by Crippen LogP contribution is 2.33. The molecule has 142 valence electrons. The highest BCUT2D eigenvalue weighted by Gasteiger charge is 2.34. The van der Waals surface area contributed by atoms with E-state index in [-0.39, 0.29) is 18.4 Å². The first kappa shape index (κ1) is 18.3. The van der Waals surface area contributed by atoms with E-state index in [2.05, 4.69) is 4.98 Å². The summed E-state index contributed by atoms with van der Waals surface area (Å²) in [5.41, 5.74) is 2.30. The van der Waals surface area contributed by atoms with Gasteiger partial charge in [0.1, 0.15) is 5.15 Å². The highest BCUT2D eigenvalue weighted by molar-refractivity contribution is 6.30. The Morgan fingerprint density at radius 1 is 0.964 bits per heavy atom. The molecule has 6 nitrogen and oxygen atoms in total. The zero-order valence-corrected chi connectivity index (χ0v) is 16.1. The van der Waals surface area contributed by atoms with Crippen molar-refractivity contribution in [2.45, 2.75) is 6.42 Å². The zero-order chi connectivity index (χ0) is 19.8. The average molecular weight is 397 g/mol. The number of aromatic nitrogens is 1. The quantitative estimate of drug-likeness (QED) is 0.485. The first-order valence-electron chi connectivity index (χ1n) is 8.70. The Morgan fingerprint density at radius 2 is 1.57 bits per heavy atom. The molecule has 0 fully saturated rings. The molecule has 2 heterocycles. The number of pyridine rings is 1. The number of imide groups is 1. The van der Waals surface area contributed by atoms with E-state index < -0.39 is 0 Å². The van der Waals surface area contributed by atoms with Crippen molar-refractivity contribution in [3.05, 3.63) is 64.3 Å². The van der Waals surface area contributed by atoms with E-state index in [1.807, 2.05) is 12.1 Å². The molecule has 3 aromatic rings. The van der Waals surface area contributed by atoms with E-state index in [9.17, 15) is 9.59 Å². The summed E-state index contributed by atoms with van der Waals surface area (Å²) < 4.78 is 10.6. The van der Waals surface area contributed by atoms with E-state index in [4.69, 9.17) is 21.1 Å². The fraction of sp³-hybridized carbons (Fsp3) is 0.190. The summed E-state index contributed by atoms with van der Waals surface area (Å²) >= 11 is 6.35. The first-order valence-corrected chi connectivity index (χ1v) is 9.07. The van der Waals surface area contributed by atoms with E-state index in [1.165, 1.54) is 4.90 Å². The van der Waals surface area contributed by atoms with Gasteiger partial charge in [-0.25, -0.2) is 4.98 Å². The number of halogens is 1. The van der Waals surface area contributed by atoms with Crippen LogP contribution in [0.15, 0.2) is 42.5 Å². The van der Waals surface area contributed by atoms with Crippen molar-refractivity contribution >= 4 is 34.3 Å². The summed E-state index contributed by atoms with van der Waals surface area (Å²) in [6.07, 6.45) is 0.404. The predicted molar refractivity (Wildman–Crippen MR) is 105 cm³/mol. The Hall–Kier alpha value is -3.12.